The van der Waals surface area contributed by atoms with Gasteiger partial charge in [-0.1, -0.05) is 18.2 Å². The second-order valence-electron chi connectivity index (χ2n) is 5.62. The highest BCUT2D eigenvalue weighted by Gasteiger charge is 2.44. The number of fused-ring (bicyclic) bond motifs is 1. The fourth-order valence-corrected chi connectivity index (χ4v) is 3.19. The lowest BCUT2D eigenvalue weighted by molar-refractivity contribution is -0.172. The average molecular weight is 325 g/mol. The first kappa shape index (κ1) is 14.3. The van der Waals surface area contributed by atoms with Crippen molar-refractivity contribution in [3.8, 4) is 5.75 Å². The Morgan fingerprint density at radius 2 is 1.91 bits per heavy atom. The Balaban J connectivity index is 1.98. The zero-order valence-electron chi connectivity index (χ0n) is 11.7. The van der Waals surface area contributed by atoms with Crippen molar-refractivity contribution in [2.45, 2.75) is 18.8 Å². The van der Waals surface area contributed by atoms with Gasteiger partial charge >= 0.3 is 6.11 Å². The molecule has 0 saturated heterocycles. The zero-order valence-corrected chi connectivity index (χ0v) is 11.7. The number of rotatable bonds is 0. The third-order valence-electron chi connectivity index (χ3n) is 4.15. The van der Waals surface area contributed by atoms with Crippen LogP contribution in [0.2, 0.25) is 0 Å². The van der Waals surface area contributed by atoms with Gasteiger partial charge in [0.05, 0.1) is 5.69 Å². The molecule has 0 saturated carbocycles. The van der Waals surface area contributed by atoms with Gasteiger partial charge in [-0.2, -0.15) is 8.78 Å². The molecule has 0 fully saturated rings. The molecule has 3 nitrogen and oxygen atoms in total. The van der Waals surface area contributed by atoms with Crippen molar-refractivity contribution >= 4 is 5.69 Å². The number of para-hydroxylation sites is 1. The Morgan fingerprint density at radius 3 is 2.70 bits per heavy atom. The fraction of sp³-hybridized carbons (Fsp3) is 0.250. The van der Waals surface area contributed by atoms with Crippen molar-refractivity contribution in [3.05, 3.63) is 58.7 Å². The third kappa shape index (κ3) is 2.07. The number of nitrogens with zero attached hydrogens (tertiary/aromatic N) is 1. The number of benzene rings is 2. The van der Waals surface area contributed by atoms with Gasteiger partial charge in [-0.25, -0.2) is 8.78 Å². The molecule has 23 heavy (non-hydrogen) atoms. The van der Waals surface area contributed by atoms with Gasteiger partial charge in [0.25, 0.3) is 0 Å². The highest BCUT2D eigenvalue weighted by Crippen LogP contribution is 2.47. The van der Waals surface area contributed by atoms with Crippen LogP contribution in [0.5, 0.6) is 5.75 Å². The topological polar surface area (TPSA) is 32.7 Å². The lowest BCUT2D eigenvalue weighted by Crippen LogP contribution is -2.44. The van der Waals surface area contributed by atoms with E-state index in [1.807, 2.05) is 0 Å². The first-order valence-corrected chi connectivity index (χ1v) is 6.97. The molecule has 0 aromatic heterocycles. The van der Waals surface area contributed by atoms with Crippen LogP contribution in [0.3, 0.4) is 0 Å². The summed E-state index contributed by atoms with van der Waals surface area (Å²) in [5.74, 6) is -2.31. The van der Waals surface area contributed by atoms with Crippen LogP contribution in [0.15, 0.2) is 30.3 Å². The monoisotopic (exact) mass is 325 g/mol. The number of halogens is 4. The van der Waals surface area contributed by atoms with Crippen LogP contribution in [-0.2, 0) is 6.54 Å². The minimum atomic E-state index is -3.45. The first-order valence-electron chi connectivity index (χ1n) is 6.97. The Kier molecular flexibility index (Phi) is 2.87. The Bertz CT molecular complexity index is 809. The molecule has 7 heteroatoms. The SMILES string of the molecule is OC1c2ccc(F)c(F)c2CN2CC(F)(F)Oc3cccc1c32. The minimum absolute atomic E-state index is 0.0912. The van der Waals surface area contributed by atoms with Crippen LogP contribution in [0, 0.1) is 11.6 Å². The lowest BCUT2D eigenvalue weighted by atomic mass is 9.97. The zero-order chi connectivity index (χ0) is 16.4. The Morgan fingerprint density at radius 1 is 1.13 bits per heavy atom. The summed E-state index contributed by atoms with van der Waals surface area (Å²) in [5.41, 5.74) is 0.636. The van der Waals surface area contributed by atoms with E-state index in [2.05, 4.69) is 4.74 Å². The van der Waals surface area contributed by atoms with E-state index < -0.39 is 30.4 Å². The van der Waals surface area contributed by atoms with Crippen molar-refractivity contribution in [3.63, 3.8) is 0 Å². The van der Waals surface area contributed by atoms with Gasteiger partial charge in [0.1, 0.15) is 18.4 Å². The van der Waals surface area contributed by atoms with Crippen LogP contribution >= 0.6 is 0 Å². The maximum atomic E-state index is 14.1. The molecule has 0 radical (unpaired) electrons. The average Bonchev–Trinajstić information content (AvgIpc) is 2.60. The second-order valence-corrected chi connectivity index (χ2v) is 5.62. The van der Waals surface area contributed by atoms with Gasteiger partial charge in [0, 0.05) is 17.7 Å². The number of ether oxygens (including phenoxy) is 1. The third-order valence-corrected chi connectivity index (χ3v) is 4.15. The minimum Gasteiger partial charge on any atom is -0.429 e. The van der Waals surface area contributed by atoms with Gasteiger partial charge in [-0.3, -0.25) is 0 Å². The van der Waals surface area contributed by atoms with E-state index in [0.29, 0.717) is 5.56 Å². The number of aliphatic hydroxyl groups is 1. The quantitative estimate of drug-likeness (QED) is 0.754. The molecule has 0 spiro atoms. The normalized spacial score (nSPS) is 21.1. The summed E-state index contributed by atoms with van der Waals surface area (Å²) < 4.78 is 59.9. The molecule has 1 N–H and O–H groups in total. The second kappa shape index (κ2) is 4.61. The molecule has 0 aliphatic carbocycles. The van der Waals surface area contributed by atoms with Crippen molar-refractivity contribution in [1.82, 2.24) is 0 Å². The lowest BCUT2D eigenvalue weighted by Gasteiger charge is -2.36. The molecule has 2 aliphatic heterocycles. The molecule has 2 aliphatic rings. The van der Waals surface area contributed by atoms with Gasteiger partial charge in [-0.05, 0) is 17.7 Å². The number of alkyl halides is 2. The highest BCUT2D eigenvalue weighted by atomic mass is 19.3. The number of hydrogen-bond donors (Lipinski definition) is 1. The summed E-state index contributed by atoms with van der Waals surface area (Å²) in [4.78, 5) is 1.21. The van der Waals surface area contributed by atoms with E-state index in [1.165, 1.54) is 23.1 Å². The molecule has 2 aromatic rings. The summed E-state index contributed by atoms with van der Waals surface area (Å²) in [6.07, 6.45) is -4.71. The molecule has 120 valence electrons. The maximum Gasteiger partial charge on any atom is 0.415 e. The van der Waals surface area contributed by atoms with Gasteiger partial charge in [-0.15, -0.1) is 0 Å². The maximum absolute atomic E-state index is 14.1. The van der Waals surface area contributed by atoms with E-state index in [9.17, 15) is 22.7 Å². The van der Waals surface area contributed by atoms with E-state index >= 15 is 0 Å². The predicted molar refractivity (Wildman–Crippen MR) is 73.5 cm³/mol. The van der Waals surface area contributed by atoms with Gasteiger partial charge in [0.15, 0.2) is 11.6 Å². The summed E-state index contributed by atoms with van der Waals surface area (Å²) in [5, 5.41) is 10.5. The van der Waals surface area contributed by atoms with Crippen LogP contribution < -0.4 is 9.64 Å². The molecular formula is C16H11F4NO2. The Labute approximate surface area is 128 Å². The largest absolute Gasteiger partial charge is 0.429 e. The Hall–Kier alpha value is -2.28. The summed E-state index contributed by atoms with van der Waals surface area (Å²) in [6.45, 7) is -1.09. The standard InChI is InChI=1S/C16H11F4NO2/c17-11-5-4-8-10(13(11)18)6-21-7-16(19,20)23-12-3-1-2-9(14(12)21)15(8)22/h1-5,15,22H,6-7H2. The van der Waals surface area contributed by atoms with Crippen LogP contribution in [0.1, 0.15) is 22.8 Å². The van der Waals surface area contributed by atoms with E-state index in [-0.39, 0.29) is 29.1 Å². The molecule has 0 bridgehead atoms. The molecule has 4 rings (SSSR count). The van der Waals surface area contributed by atoms with E-state index in [1.54, 1.807) is 6.07 Å². The van der Waals surface area contributed by atoms with Crippen molar-refractivity contribution in [2.24, 2.45) is 0 Å². The van der Waals surface area contributed by atoms with Crippen LogP contribution in [0.25, 0.3) is 0 Å². The molecule has 2 heterocycles. The van der Waals surface area contributed by atoms with Crippen molar-refractivity contribution < 1.29 is 27.4 Å². The predicted octanol–water partition coefficient (Wildman–Crippen LogP) is 3.35. The molecule has 0 amide bonds. The molecule has 1 atom stereocenters. The molecule has 1 unspecified atom stereocenters. The van der Waals surface area contributed by atoms with Gasteiger partial charge < -0.3 is 14.7 Å². The number of anilines is 1. The van der Waals surface area contributed by atoms with Crippen molar-refractivity contribution in [2.75, 3.05) is 11.4 Å². The van der Waals surface area contributed by atoms with Gasteiger partial charge in [0.2, 0.25) is 0 Å². The highest BCUT2D eigenvalue weighted by molar-refractivity contribution is 5.69. The fourth-order valence-electron chi connectivity index (χ4n) is 3.19. The summed E-state index contributed by atoms with van der Waals surface area (Å²) >= 11 is 0. The van der Waals surface area contributed by atoms with E-state index in [0.717, 1.165) is 6.07 Å². The summed E-state index contributed by atoms with van der Waals surface area (Å²) in [7, 11) is 0. The smallest absolute Gasteiger partial charge is 0.415 e. The number of hydrogen-bond acceptors (Lipinski definition) is 3. The molecule has 2 aromatic carbocycles. The first-order chi connectivity index (χ1) is 10.9. The summed E-state index contributed by atoms with van der Waals surface area (Å²) in [6, 6.07) is 6.58. The van der Waals surface area contributed by atoms with E-state index in [4.69, 9.17) is 0 Å². The van der Waals surface area contributed by atoms with Crippen LogP contribution in [-0.4, -0.2) is 17.8 Å². The molecular weight excluding hydrogens is 314 g/mol. The van der Waals surface area contributed by atoms with Crippen LogP contribution in [0.4, 0.5) is 23.2 Å². The van der Waals surface area contributed by atoms with Crippen molar-refractivity contribution in [1.29, 1.82) is 0 Å². The number of aliphatic hydroxyl groups excluding tert-OH is 1.